The van der Waals surface area contributed by atoms with Crippen LogP contribution in [0.3, 0.4) is 0 Å². The molecule has 1 N–H and O–H groups in total. The first kappa shape index (κ1) is 12.0. The van der Waals surface area contributed by atoms with E-state index in [2.05, 4.69) is 34.2 Å². The van der Waals surface area contributed by atoms with Gasteiger partial charge in [0.25, 0.3) is 0 Å². The average molecular weight is 269 g/mol. The van der Waals surface area contributed by atoms with E-state index in [-0.39, 0.29) is 0 Å². The van der Waals surface area contributed by atoms with Gasteiger partial charge in [-0.05, 0) is 0 Å². The van der Waals surface area contributed by atoms with Crippen molar-refractivity contribution < 1.29 is 0 Å². The molecule has 0 radical (unpaired) electrons. The molecular formula is C16H13ClN2. The fraction of sp³-hybridized carbons (Fsp3) is 0.0625. The van der Waals surface area contributed by atoms with Crippen molar-refractivity contribution in [2.24, 2.45) is 0 Å². The Morgan fingerprint density at radius 3 is 2.00 bits per heavy atom. The van der Waals surface area contributed by atoms with Gasteiger partial charge in [0.05, 0.1) is 17.3 Å². The molecule has 0 aliphatic carbocycles. The number of rotatable bonds is 3. The molecule has 0 unspecified atom stereocenters. The molecule has 3 rings (SSSR count). The van der Waals surface area contributed by atoms with Crippen LogP contribution in [0.2, 0.25) is 0 Å². The summed E-state index contributed by atoms with van der Waals surface area (Å²) in [6.45, 7) is 0. The minimum atomic E-state index is 0.382. The van der Waals surface area contributed by atoms with Crippen LogP contribution in [0.5, 0.6) is 0 Å². The normalized spacial score (nSPS) is 10.6. The van der Waals surface area contributed by atoms with Gasteiger partial charge in [-0.3, -0.25) is 0 Å². The van der Waals surface area contributed by atoms with E-state index in [0.29, 0.717) is 5.88 Å². The van der Waals surface area contributed by atoms with Crippen LogP contribution in [0.15, 0.2) is 60.7 Å². The number of alkyl halides is 1. The molecule has 2 aromatic carbocycles. The molecule has 3 heteroatoms. The summed E-state index contributed by atoms with van der Waals surface area (Å²) in [5.41, 5.74) is 4.17. The van der Waals surface area contributed by atoms with Crippen molar-refractivity contribution in [2.75, 3.05) is 0 Å². The molecule has 0 amide bonds. The van der Waals surface area contributed by atoms with Crippen LogP contribution in [0, 0.1) is 0 Å². The van der Waals surface area contributed by atoms with Gasteiger partial charge in [-0.2, -0.15) is 0 Å². The number of hydrogen-bond donors (Lipinski definition) is 1. The third-order valence-corrected chi connectivity index (χ3v) is 3.24. The van der Waals surface area contributed by atoms with E-state index in [9.17, 15) is 0 Å². The second-order valence-electron chi connectivity index (χ2n) is 4.27. The first-order chi connectivity index (χ1) is 9.38. The molecule has 1 aromatic heterocycles. The van der Waals surface area contributed by atoms with Crippen molar-refractivity contribution in [3.63, 3.8) is 0 Å². The largest absolute Gasteiger partial charge is 0.340 e. The van der Waals surface area contributed by atoms with Crippen molar-refractivity contribution in [1.29, 1.82) is 0 Å². The Hall–Kier alpha value is -2.06. The van der Waals surface area contributed by atoms with Gasteiger partial charge in [0.15, 0.2) is 0 Å². The Balaban J connectivity index is 2.17. The number of aromatic amines is 1. The van der Waals surface area contributed by atoms with Crippen molar-refractivity contribution in [3.05, 3.63) is 66.5 Å². The number of aromatic nitrogens is 2. The molecular weight excluding hydrogens is 256 g/mol. The van der Waals surface area contributed by atoms with Crippen molar-refractivity contribution in [3.8, 4) is 22.5 Å². The van der Waals surface area contributed by atoms with Crippen LogP contribution in [-0.4, -0.2) is 9.97 Å². The predicted molar refractivity (Wildman–Crippen MR) is 79.0 cm³/mol. The Kier molecular flexibility index (Phi) is 3.34. The molecule has 2 nitrogen and oxygen atoms in total. The molecule has 94 valence electrons. The summed E-state index contributed by atoms with van der Waals surface area (Å²) < 4.78 is 0. The Bertz CT molecular complexity index is 603. The van der Waals surface area contributed by atoms with E-state index in [0.717, 1.165) is 28.3 Å². The van der Waals surface area contributed by atoms with Crippen LogP contribution in [-0.2, 0) is 5.88 Å². The standard InChI is InChI=1S/C16H13ClN2/c17-11-14-18-15(12-7-3-1-4-8-12)16(19-14)13-9-5-2-6-10-13/h1-10H,11H2,(H,18,19). The fourth-order valence-electron chi connectivity index (χ4n) is 2.10. The zero-order valence-corrected chi connectivity index (χ0v) is 11.1. The molecule has 0 fully saturated rings. The third kappa shape index (κ3) is 2.40. The monoisotopic (exact) mass is 268 g/mol. The molecule has 1 heterocycles. The molecule has 0 saturated carbocycles. The number of benzene rings is 2. The number of imidazole rings is 1. The van der Waals surface area contributed by atoms with Crippen LogP contribution >= 0.6 is 11.6 Å². The summed E-state index contributed by atoms with van der Waals surface area (Å²) in [4.78, 5) is 7.89. The summed E-state index contributed by atoms with van der Waals surface area (Å²) in [6, 6.07) is 20.3. The van der Waals surface area contributed by atoms with Gasteiger partial charge in [0, 0.05) is 11.1 Å². The van der Waals surface area contributed by atoms with Crippen LogP contribution < -0.4 is 0 Å². The molecule has 19 heavy (non-hydrogen) atoms. The second kappa shape index (κ2) is 5.29. The number of hydrogen-bond acceptors (Lipinski definition) is 1. The Labute approximate surface area is 117 Å². The van der Waals surface area contributed by atoms with Gasteiger partial charge in [-0.15, -0.1) is 11.6 Å². The SMILES string of the molecule is ClCc1nc(-c2ccccc2)c(-c2ccccc2)[nH]1. The van der Waals surface area contributed by atoms with Crippen LogP contribution in [0.4, 0.5) is 0 Å². The van der Waals surface area contributed by atoms with Crippen LogP contribution in [0.25, 0.3) is 22.5 Å². The van der Waals surface area contributed by atoms with Gasteiger partial charge in [0.2, 0.25) is 0 Å². The number of nitrogens with zero attached hydrogens (tertiary/aromatic N) is 1. The zero-order chi connectivity index (χ0) is 13.1. The molecule has 0 aliphatic rings. The lowest BCUT2D eigenvalue weighted by Crippen LogP contribution is -1.82. The first-order valence-electron chi connectivity index (χ1n) is 6.14. The quantitative estimate of drug-likeness (QED) is 0.697. The van der Waals surface area contributed by atoms with Gasteiger partial charge in [0.1, 0.15) is 5.82 Å². The molecule has 0 aliphatic heterocycles. The number of nitrogens with one attached hydrogen (secondary N) is 1. The van der Waals surface area contributed by atoms with Gasteiger partial charge in [-0.25, -0.2) is 4.98 Å². The van der Waals surface area contributed by atoms with Crippen molar-refractivity contribution in [2.45, 2.75) is 5.88 Å². The number of halogens is 1. The van der Waals surface area contributed by atoms with Gasteiger partial charge < -0.3 is 4.98 Å². The summed E-state index contributed by atoms with van der Waals surface area (Å²) >= 11 is 5.89. The summed E-state index contributed by atoms with van der Waals surface area (Å²) in [6.07, 6.45) is 0. The lowest BCUT2D eigenvalue weighted by molar-refractivity contribution is 1.12. The zero-order valence-electron chi connectivity index (χ0n) is 10.3. The maximum Gasteiger partial charge on any atom is 0.122 e. The summed E-state index contributed by atoms with van der Waals surface area (Å²) in [5.74, 6) is 1.17. The minimum absolute atomic E-state index is 0.382. The highest BCUT2D eigenvalue weighted by molar-refractivity contribution is 6.16. The van der Waals surface area contributed by atoms with E-state index in [1.165, 1.54) is 0 Å². The maximum atomic E-state index is 5.89. The van der Waals surface area contributed by atoms with Gasteiger partial charge >= 0.3 is 0 Å². The lowest BCUT2D eigenvalue weighted by atomic mass is 10.1. The molecule has 0 bridgehead atoms. The Morgan fingerprint density at radius 2 is 1.42 bits per heavy atom. The van der Waals surface area contributed by atoms with E-state index < -0.39 is 0 Å². The molecule has 0 spiro atoms. The van der Waals surface area contributed by atoms with Crippen molar-refractivity contribution >= 4 is 11.6 Å². The highest BCUT2D eigenvalue weighted by Crippen LogP contribution is 2.30. The van der Waals surface area contributed by atoms with E-state index in [1.54, 1.807) is 0 Å². The highest BCUT2D eigenvalue weighted by atomic mass is 35.5. The molecule has 3 aromatic rings. The molecule has 0 saturated heterocycles. The Morgan fingerprint density at radius 1 is 0.842 bits per heavy atom. The number of H-pyrrole nitrogens is 1. The van der Waals surface area contributed by atoms with E-state index >= 15 is 0 Å². The fourth-order valence-corrected chi connectivity index (χ4v) is 2.23. The lowest BCUT2D eigenvalue weighted by Gasteiger charge is -2.02. The van der Waals surface area contributed by atoms with Gasteiger partial charge in [-0.1, -0.05) is 60.7 Å². The highest BCUT2D eigenvalue weighted by Gasteiger charge is 2.12. The maximum absolute atomic E-state index is 5.89. The molecule has 0 atom stereocenters. The summed E-state index contributed by atoms with van der Waals surface area (Å²) in [7, 11) is 0. The smallest absolute Gasteiger partial charge is 0.122 e. The van der Waals surface area contributed by atoms with Crippen LogP contribution in [0.1, 0.15) is 5.82 Å². The van der Waals surface area contributed by atoms with E-state index in [1.807, 2.05) is 36.4 Å². The summed E-state index contributed by atoms with van der Waals surface area (Å²) in [5, 5.41) is 0. The topological polar surface area (TPSA) is 28.7 Å². The third-order valence-electron chi connectivity index (χ3n) is 2.99. The van der Waals surface area contributed by atoms with Crippen molar-refractivity contribution in [1.82, 2.24) is 9.97 Å². The minimum Gasteiger partial charge on any atom is -0.340 e. The first-order valence-corrected chi connectivity index (χ1v) is 6.67. The average Bonchev–Trinajstić information content (AvgIpc) is 2.93. The predicted octanol–water partition coefficient (Wildman–Crippen LogP) is 4.48. The second-order valence-corrected chi connectivity index (χ2v) is 4.54. The van der Waals surface area contributed by atoms with E-state index in [4.69, 9.17) is 11.6 Å².